The van der Waals surface area contributed by atoms with E-state index >= 15 is 0 Å². The number of rotatable bonds is 3. The molecule has 0 N–H and O–H groups in total. The van der Waals surface area contributed by atoms with E-state index in [1.165, 1.54) is 6.07 Å². The van der Waals surface area contributed by atoms with Crippen LogP contribution >= 0.6 is 0 Å². The summed E-state index contributed by atoms with van der Waals surface area (Å²) in [6.45, 7) is 3.94. The van der Waals surface area contributed by atoms with Crippen LogP contribution in [0.15, 0.2) is 24.3 Å². The third-order valence-electron chi connectivity index (χ3n) is 5.15. The van der Waals surface area contributed by atoms with Crippen molar-refractivity contribution in [3.05, 3.63) is 35.7 Å². The fourth-order valence-corrected chi connectivity index (χ4v) is 3.89. The highest BCUT2D eigenvalue weighted by atomic mass is 19.4. The Labute approximate surface area is 143 Å². The second kappa shape index (κ2) is 5.41. The highest BCUT2D eigenvalue weighted by Gasteiger charge is 2.58. The maximum Gasteiger partial charge on any atom is 0.416 e. The molecule has 4 rings (SSSR count). The molecule has 0 spiro atoms. The number of Topliss-reactive ketones (excluding diaryl/α,β-unsaturated/α-hetero) is 1. The standard InChI is InChI=1S/C18H18F3N3O/c1-9(2)24-17(15-13-7-12(25)8-14(13)15)22-16(23-24)10-4-3-5-11(6-10)18(19,20)21/h3-6,9,13-15H,7-8H2,1-2H3/t13-,14+,15?. The van der Waals surface area contributed by atoms with E-state index in [2.05, 4.69) is 10.1 Å². The fourth-order valence-electron chi connectivity index (χ4n) is 3.89. The van der Waals surface area contributed by atoms with Crippen LogP contribution in [-0.2, 0) is 11.0 Å². The van der Waals surface area contributed by atoms with Crippen molar-refractivity contribution in [1.82, 2.24) is 14.8 Å². The minimum Gasteiger partial charge on any atom is -0.300 e. The van der Waals surface area contributed by atoms with Gasteiger partial charge in [0, 0.05) is 30.4 Å². The zero-order valence-corrected chi connectivity index (χ0v) is 13.9. The Morgan fingerprint density at radius 3 is 2.48 bits per heavy atom. The van der Waals surface area contributed by atoms with Gasteiger partial charge in [0.15, 0.2) is 5.82 Å². The molecule has 2 fully saturated rings. The van der Waals surface area contributed by atoms with Crippen LogP contribution in [-0.4, -0.2) is 20.5 Å². The summed E-state index contributed by atoms with van der Waals surface area (Å²) in [5.41, 5.74) is -0.348. The van der Waals surface area contributed by atoms with Crippen LogP contribution in [0.4, 0.5) is 13.2 Å². The first-order chi connectivity index (χ1) is 11.8. The molecular formula is C18H18F3N3O. The van der Waals surface area contributed by atoms with Crippen LogP contribution in [0.3, 0.4) is 0 Å². The molecule has 2 aliphatic carbocycles. The van der Waals surface area contributed by atoms with Crippen molar-refractivity contribution in [2.45, 2.75) is 44.8 Å². The Morgan fingerprint density at radius 1 is 1.20 bits per heavy atom. The van der Waals surface area contributed by atoms with Crippen molar-refractivity contribution < 1.29 is 18.0 Å². The predicted molar refractivity (Wildman–Crippen MR) is 84.8 cm³/mol. The third-order valence-corrected chi connectivity index (χ3v) is 5.15. The molecule has 1 unspecified atom stereocenters. The lowest BCUT2D eigenvalue weighted by Crippen LogP contribution is -2.10. The van der Waals surface area contributed by atoms with Crippen molar-refractivity contribution in [3.63, 3.8) is 0 Å². The number of aromatic nitrogens is 3. The Morgan fingerprint density at radius 2 is 1.88 bits per heavy atom. The number of fused-ring (bicyclic) bond motifs is 1. The number of halogens is 3. The fraction of sp³-hybridized carbons (Fsp3) is 0.500. The third kappa shape index (κ3) is 2.75. The molecule has 0 bridgehead atoms. The van der Waals surface area contributed by atoms with Gasteiger partial charge >= 0.3 is 6.18 Å². The Balaban J connectivity index is 1.70. The van der Waals surface area contributed by atoms with Crippen LogP contribution < -0.4 is 0 Å². The Hall–Kier alpha value is -2.18. The molecule has 1 heterocycles. The summed E-state index contributed by atoms with van der Waals surface area (Å²) in [7, 11) is 0. The van der Waals surface area contributed by atoms with E-state index in [9.17, 15) is 18.0 Å². The summed E-state index contributed by atoms with van der Waals surface area (Å²) in [6.07, 6.45) is -3.23. The Kier molecular flexibility index (Phi) is 3.53. The zero-order valence-electron chi connectivity index (χ0n) is 13.9. The summed E-state index contributed by atoms with van der Waals surface area (Å²) in [4.78, 5) is 16.1. The van der Waals surface area contributed by atoms with E-state index in [0.717, 1.165) is 18.0 Å². The van der Waals surface area contributed by atoms with E-state index in [-0.39, 0.29) is 12.0 Å². The van der Waals surface area contributed by atoms with Gasteiger partial charge in [-0.25, -0.2) is 9.67 Å². The average molecular weight is 349 g/mol. The SMILES string of the molecule is CC(C)n1nc(-c2cccc(C(F)(F)F)c2)nc1C1[C@H]2CC(=O)C[C@@H]12. The van der Waals surface area contributed by atoms with Gasteiger partial charge in [0.2, 0.25) is 0 Å². The number of ketones is 1. The monoisotopic (exact) mass is 349 g/mol. The molecule has 4 nitrogen and oxygen atoms in total. The van der Waals surface area contributed by atoms with Gasteiger partial charge in [-0.1, -0.05) is 12.1 Å². The molecular weight excluding hydrogens is 331 g/mol. The lowest BCUT2D eigenvalue weighted by molar-refractivity contribution is -0.137. The molecule has 0 amide bonds. The van der Waals surface area contributed by atoms with Gasteiger partial charge in [0.05, 0.1) is 5.56 Å². The van der Waals surface area contributed by atoms with E-state index < -0.39 is 11.7 Å². The maximum atomic E-state index is 12.9. The molecule has 3 atom stereocenters. The number of benzene rings is 1. The highest BCUT2D eigenvalue weighted by molar-refractivity contribution is 5.83. The quantitative estimate of drug-likeness (QED) is 0.833. The van der Waals surface area contributed by atoms with Crippen molar-refractivity contribution in [2.75, 3.05) is 0 Å². The van der Waals surface area contributed by atoms with Gasteiger partial charge in [-0.3, -0.25) is 4.79 Å². The predicted octanol–water partition coefficient (Wildman–Crippen LogP) is 4.24. The second-order valence-electron chi connectivity index (χ2n) is 7.21. The summed E-state index contributed by atoms with van der Waals surface area (Å²) in [5, 5.41) is 4.46. The second-order valence-corrected chi connectivity index (χ2v) is 7.21. The van der Waals surface area contributed by atoms with Crippen molar-refractivity contribution in [3.8, 4) is 11.4 Å². The van der Waals surface area contributed by atoms with Crippen LogP contribution in [0.1, 0.15) is 50.0 Å². The van der Waals surface area contributed by atoms with Gasteiger partial charge in [-0.15, -0.1) is 0 Å². The molecule has 132 valence electrons. The Bertz CT molecular complexity index is 826. The van der Waals surface area contributed by atoms with Crippen molar-refractivity contribution >= 4 is 5.78 Å². The van der Waals surface area contributed by atoms with E-state index in [1.54, 1.807) is 10.7 Å². The number of hydrogen-bond donors (Lipinski definition) is 0. The van der Waals surface area contributed by atoms with Crippen LogP contribution in [0, 0.1) is 11.8 Å². The zero-order chi connectivity index (χ0) is 17.9. The first-order valence-electron chi connectivity index (χ1n) is 8.41. The van der Waals surface area contributed by atoms with Gasteiger partial charge in [-0.05, 0) is 37.8 Å². The molecule has 2 aliphatic rings. The molecule has 0 radical (unpaired) electrons. The molecule has 1 aromatic heterocycles. The number of carbonyl (C=O) groups excluding carboxylic acids is 1. The van der Waals surface area contributed by atoms with E-state index in [0.29, 0.717) is 41.8 Å². The van der Waals surface area contributed by atoms with E-state index in [1.807, 2.05) is 13.8 Å². The summed E-state index contributed by atoms with van der Waals surface area (Å²) in [5.74, 6) is 2.25. The number of alkyl halides is 3. The molecule has 2 saturated carbocycles. The topological polar surface area (TPSA) is 47.8 Å². The van der Waals surface area contributed by atoms with E-state index in [4.69, 9.17) is 0 Å². The first-order valence-corrected chi connectivity index (χ1v) is 8.41. The van der Waals surface area contributed by atoms with Gasteiger partial charge in [-0.2, -0.15) is 18.3 Å². The number of carbonyl (C=O) groups is 1. The first kappa shape index (κ1) is 16.3. The normalized spacial score (nSPS) is 25.5. The lowest BCUT2D eigenvalue weighted by atomic mass is 10.1. The maximum absolute atomic E-state index is 12.9. The molecule has 0 saturated heterocycles. The largest absolute Gasteiger partial charge is 0.416 e. The average Bonchev–Trinajstić information content (AvgIpc) is 2.90. The molecule has 1 aromatic carbocycles. The molecule has 0 aliphatic heterocycles. The van der Waals surface area contributed by atoms with Crippen molar-refractivity contribution in [1.29, 1.82) is 0 Å². The van der Waals surface area contributed by atoms with Gasteiger partial charge in [0.1, 0.15) is 11.6 Å². The summed E-state index contributed by atoms with van der Waals surface area (Å²) >= 11 is 0. The summed E-state index contributed by atoms with van der Waals surface area (Å²) in [6, 6.07) is 5.15. The van der Waals surface area contributed by atoms with Crippen LogP contribution in [0.2, 0.25) is 0 Å². The molecule has 7 heteroatoms. The molecule has 25 heavy (non-hydrogen) atoms. The van der Waals surface area contributed by atoms with Gasteiger partial charge in [0.25, 0.3) is 0 Å². The lowest BCUT2D eigenvalue weighted by Gasteiger charge is -2.10. The minimum absolute atomic E-state index is 0.0547. The summed E-state index contributed by atoms with van der Waals surface area (Å²) < 4.78 is 40.6. The smallest absolute Gasteiger partial charge is 0.300 e. The van der Waals surface area contributed by atoms with Crippen LogP contribution in [0.5, 0.6) is 0 Å². The highest BCUT2D eigenvalue weighted by Crippen LogP contribution is 2.61. The van der Waals surface area contributed by atoms with Gasteiger partial charge < -0.3 is 0 Å². The molecule has 2 aromatic rings. The minimum atomic E-state index is -4.40. The van der Waals surface area contributed by atoms with Crippen LogP contribution in [0.25, 0.3) is 11.4 Å². The number of nitrogens with zero attached hydrogens (tertiary/aromatic N) is 3. The van der Waals surface area contributed by atoms with Crippen molar-refractivity contribution in [2.24, 2.45) is 11.8 Å². The number of hydrogen-bond acceptors (Lipinski definition) is 3.